The second-order valence-corrected chi connectivity index (χ2v) is 7.99. The normalized spacial score (nSPS) is 29.6. The van der Waals surface area contributed by atoms with Crippen molar-refractivity contribution in [1.82, 2.24) is 14.9 Å². The van der Waals surface area contributed by atoms with Crippen molar-refractivity contribution in [2.45, 2.75) is 25.2 Å². The Morgan fingerprint density at radius 3 is 3.03 bits per heavy atom. The molecular formula is C21H21FN4O3. The van der Waals surface area contributed by atoms with Gasteiger partial charge >= 0.3 is 0 Å². The van der Waals surface area contributed by atoms with Gasteiger partial charge in [0.05, 0.1) is 31.0 Å². The number of rotatable bonds is 4. The summed E-state index contributed by atoms with van der Waals surface area (Å²) in [7, 11) is 1.70. The average Bonchev–Trinajstić information content (AvgIpc) is 3.44. The molecule has 29 heavy (non-hydrogen) atoms. The molecular weight excluding hydrogens is 375 g/mol. The molecule has 150 valence electrons. The summed E-state index contributed by atoms with van der Waals surface area (Å²) in [6, 6.07) is 4.36. The lowest BCUT2D eigenvalue weighted by Crippen LogP contribution is -2.44. The average molecular weight is 396 g/mol. The number of H-pyrrole nitrogens is 1. The van der Waals surface area contributed by atoms with Gasteiger partial charge in [0.2, 0.25) is 11.8 Å². The van der Waals surface area contributed by atoms with Gasteiger partial charge in [-0.15, -0.1) is 0 Å². The second-order valence-electron chi connectivity index (χ2n) is 7.99. The fourth-order valence-corrected chi connectivity index (χ4v) is 4.85. The molecule has 7 nitrogen and oxygen atoms in total. The zero-order valence-corrected chi connectivity index (χ0v) is 16.1. The zero-order chi connectivity index (χ0) is 20.3. The van der Waals surface area contributed by atoms with Gasteiger partial charge < -0.3 is 19.5 Å². The van der Waals surface area contributed by atoms with E-state index in [2.05, 4.69) is 9.97 Å². The number of carbonyl (C=O) groups excluding carboxylic acids is 2. The third-order valence-corrected chi connectivity index (χ3v) is 6.15. The van der Waals surface area contributed by atoms with Crippen molar-refractivity contribution in [3.05, 3.63) is 59.9 Å². The SMILES string of the molecule is Cc1cc(F)ccc1N1C[C@]23C=C[C@H](O2)[C@@H](C(=O)N(C)Cc2ncc[nH]2)[C@H]3C1=O. The Morgan fingerprint density at radius 2 is 2.31 bits per heavy atom. The number of hydrogen-bond acceptors (Lipinski definition) is 4. The van der Waals surface area contributed by atoms with Crippen LogP contribution in [0.4, 0.5) is 10.1 Å². The van der Waals surface area contributed by atoms with Gasteiger partial charge in [-0.3, -0.25) is 9.59 Å². The van der Waals surface area contributed by atoms with E-state index in [1.54, 1.807) is 42.2 Å². The summed E-state index contributed by atoms with van der Waals surface area (Å²) >= 11 is 0. The molecule has 3 aliphatic heterocycles. The number of nitrogens with one attached hydrogen (secondary N) is 1. The fourth-order valence-electron chi connectivity index (χ4n) is 4.85. The maximum absolute atomic E-state index is 13.5. The van der Waals surface area contributed by atoms with Crippen LogP contribution >= 0.6 is 0 Å². The van der Waals surface area contributed by atoms with Crippen molar-refractivity contribution < 1.29 is 18.7 Å². The summed E-state index contributed by atoms with van der Waals surface area (Å²) < 4.78 is 19.7. The molecule has 2 amide bonds. The van der Waals surface area contributed by atoms with Crippen LogP contribution in [0.25, 0.3) is 0 Å². The highest BCUT2D eigenvalue weighted by Gasteiger charge is 2.67. The highest BCUT2D eigenvalue weighted by Crippen LogP contribution is 2.53. The lowest BCUT2D eigenvalue weighted by molar-refractivity contribution is -0.139. The van der Waals surface area contributed by atoms with Gasteiger partial charge in [0.1, 0.15) is 17.2 Å². The summed E-state index contributed by atoms with van der Waals surface area (Å²) in [6.07, 6.45) is 6.72. The lowest BCUT2D eigenvalue weighted by atomic mass is 9.76. The lowest BCUT2D eigenvalue weighted by Gasteiger charge is -2.27. The topological polar surface area (TPSA) is 78.5 Å². The number of ether oxygens (including phenoxy) is 1. The smallest absolute Gasteiger partial charge is 0.234 e. The molecule has 2 aromatic rings. The third-order valence-electron chi connectivity index (χ3n) is 6.15. The van der Waals surface area contributed by atoms with Crippen LogP contribution in [0.1, 0.15) is 11.4 Å². The number of carbonyl (C=O) groups is 2. The van der Waals surface area contributed by atoms with Crippen molar-refractivity contribution in [2.75, 3.05) is 18.5 Å². The minimum absolute atomic E-state index is 0.145. The van der Waals surface area contributed by atoms with Gasteiger partial charge in [-0.1, -0.05) is 12.2 Å². The van der Waals surface area contributed by atoms with Crippen LogP contribution < -0.4 is 4.90 Å². The summed E-state index contributed by atoms with van der Waals surface area (Å²) in [5, 5.41) is 0. The Kier molecular flexibility index (Phi) is 3.89. The molecule has 2 bridgehead atoms. The van der Waals surface area contributed by atoms with E-state index in [1.165, 1.54) is 12.1 Å². The van der Waals surface area contributed by atoms with E-state index in [-0.39, 0.29) is 17.6 Å². The maximum atomic E-state index is 13.5. The van der Waals surface area contributed by atoms with Gasteiger partial charge in [-0.2, -0.15) is 0 Å². The van der Waals surface area contributed by atoms with Crippen molar-refractivity contribution in [3.63, 3.8) is 0 Å². The molecule has 4 atom stereocenters. The van der Waals surface area contributed by atoms with Crippen LogP contribution in [0.5, 0.6) is 0 Å². The van der Waals surface area contributed by atoms with Gasteiger partial charge in [-0.25, -0.2) is 9.37 Å². The Morgan fingerprint density at radius 1 is 1.48 bits per heavy atom. The van der Waals surface area contributed by atoms with E-state index >= 15 is 0 Å². The second kappa shape index (κ2) is 6.25. The number of benzene rings is 1. The van der Waals surface area contributed by atoms with E-state index in [9.17, 15) is 14.0 Å². The fraction of sp³-hybridized carbons (Fsp3) is 0.381. The largest absolute Gasteiger partial charge is 0.360 e. The molecule has 8 heteroatoms. The van der Waals surface area contributed by atoms with Crippen molar-refractivity contribution >= 4 is 17.5 Å². The Labute approximate surface area is 167 Å². The molecule has 1 spiro atoms. The first-order chi connectivity index (χ1) is 13.9. The monoisotopic (exact) mass is 396 g/mol. The van der Waals surface area contributed by atoms with E-state index in [0.29, 0.717) is 30.2 Å². The van der Waals surface area contributed by atoms with Crippen LogP contribution in [0.15, 0.2) is 42.7 Å². The van der Waals surface area contributed by atoms with Crippen LogP contribution in [0.3, 0.4) is 0 Å². The quantitative estimate of drug-likeness (QED) is 0.800. The van der Waals surface area contributed by atoms with E-state index in [0.717, 1.165) is 0 Å². The number of fused-ring (bicyclic) bond motifs is 1. The third kappa shape index (κ3) is 2.62. The minimum Gasteiger partial charge on any atom is -0.360 e. The Bertz CT molecular complexity index is 1020. The van der Waals surface area contributed by atoms with Gasteiger partial charge in [0.15, 0.2) is 0 Å². The maximum Gasteiger partial charge on any atom is 0.234 e. The van der Waals surface area contributed by atoms with E-state index in [4.69, 9.17) is 4.74 Å². The van der Waals surface area contributed by atoms with Crippen LogP contribution in [0.2, 0.25) is 0 Å². The number of anilines is 1. The van der Waals surface area contributed by atoms with Crippen LogP contribution in [0, 0.1) is 24.6 Å². The number of hydrogen-bond donors (Lipinski definition) is 1. The molecule has 0 unspecified atom stereocenters. The predicted molar refractivity (Wildman–Crippen MR) is 102 cm³/mol. The first-order valence-electron chi connectivity index (χ1n) is 9.57. The summed E-state index contributed by atoms with van der Waals surface area (Å²) in [4.78, 5) is 37.0. The first-order valence-corrected chi connectivity index (χ1v) is 9.57. The van der Waals surface area contributed by atoms with Crippen LogP contribution in [-0.2, 0) is 20.9 Å². The zero-order valence-electron chi connectivity index (χ0n) is 16.1. The van der Waals surface area contributed by atoms with Crippen molar-refractivity contribution in [3.8, 4) is 0 Å². The predicted octanol–water partition coefficient (Wildman–Crippen LogP) is 1.80. The van der Waals surface area contributed by atoms with E-state index in [1.807, 2.05) is 12.2 Å². The summed E-state index contributed by atoms with van der Waals surface area (Å²) in [5.74, 6) is -1.14. The molecule has 0 radical (unpaired) electrons. The number of imidazole rings is 1. The molecule has 1 aromatic carbocycles. The Hall–Kier alpha value is -3.00. The minimum atomic E-state index is -0.811. The summed E-state index contributed by atoms with van der Waals surface area (Å²) in [5.41, 5.74) is 0.510. The highest BCUT2D eigenvalue weighted by molar-refractivity contribution is 6.03. The summed E-state index contributed by atoms with van der Waals surface area (Å²) in [6.45, 7) is 2.42. The number of nitrogens with zero attached hydrogens (tertiary/aromatic N) is 3. The molecule has 5 rings (SSSR count). The van der Waals surface area contributed by atoms with Crippen LogP contribution in [-0.4, -0.2) is 52.0 Å². The molecule has 4 heterocycles. The first kappa shape index (κ1) is 18.1. The Balaban J connectivity index is 1.44. The van der Waals surface area contributed by atoms with Gasteiger partial charge in [0.25, 0.3) is 0 Å². The molecule has 2 saturated heterocycles. The number of amides is 2. The molecule has 0 saturated carbocycles. The van der Waals surface area contributed by atoms with Gasteiger partial charge in [-0.05, 0) is 30.7 Å². The van der Waals surface area contributed by atoms with Gasteiger partial charge in [0, 0.05) is 25.1 Å². The molecule has 0 aliphatic carbocycles. The molecule has 1 N–H and O–H groups in total. The standard InChI is InChI=1S/C21H21FN4O3/c1-12-9-13(22)3-4-14(12)26-11-21-6-5-15(29-21)17(18(21)20(26)28)19(27)25(2)10-16-23-7-8-24-16/h3-9,15,17-18H,10-11H2,1-2H3,(H,23,24)/t15-,17+,18-,21-/m0/s1. The van der Waals surface area contributed by atoms with Crippen molar-refractivity contribution in [1.29, 1.82) is 0 Å². The van der Waals surface area contributed by atoms with Crippen molar-refractivity contribution in [2.24, 2.45) is 11.8 Å². The number of aromatic nitrogens is 2. The van der Waals surface area contributed by atoms with E-state index < -0.39 is 23.5 Å². The number of halogens is 1. The number of aromatic amines is 1. The molecule has 3 aliphatic rings. The molecule has 2 fully saturated rings. The highest BCUT2D eigenvalue weighted by atomic mass is 19.1. The molecule has 1 aromatic heterocycles. The number of aryl methyl sites for hydroxylation is 1.